The van der Waals surface area contributed by atoms with Gasteiger partial charge in [-0.05, 0) is 18.6 Å². The van der Waals surface area contributed by atoms with Crippen molar-refractivity contribution in [1.29, 1.82) is 0 Å². The van der Waals surface area contributed by atoms with Gasteiger partial charge in [0.15, 0.2) is 5.82 Å². The van der Waals surface area contributed by atoms with E-state index in [9.17, 15) is 4.79 Å². The van der Waals surface area contributed by atoms with Gasteiger partial charge in [-0.25, -0.2) is 4.98 Å². The Bertz CT molecular complexity index is 713. The molecule has 3 heterocycles. The molecule has 0 N–H and O–H groups in total. The Morgan fingerprint density at radius 2 is 2.25 bits per heavy atom. The molecule has 0 radical (unpaired) electrons. The van der Waals surface area contributed by atoms with Crippen LogP contribution in [-0.2, 0) is 4.79 Å². The Morgan fingerprint density at radius 3 is 2.92 bits per heavy atom. The summed E-state index contributed by atoms with van der Waals surface area (Å²) >= 11 is 0. The number of hydrogen-bond acceptors (Lipinski definition) is 6. The lowest BCUT2D eigenvalue weighted by atomic mass is 10.2. The van der Waals surface area contributed by atoms with Crippen LogP contribution in [-0.4, -0.2) is 52.6 Å². The number of carbonyl (C=O) groups excluding carboxylic acids is 1. The Kier molecular flexibility index (Phi) is 4.78. The number of aromatic nitrogens is 3. The summed E-state index contributed by atoms with van der Waals surface area (Å²) in [6.07, 6.45) is 3.37. The number of rotatable bonds is 6. The van der Waals surface area contributed by atoms with E-state index in [0.717, 1.165) is 37.4 Å². The van der Waals surface area contributed by atoms with Gasteiger partial charge < -0.3 is 14.3 Å². The molecule has 1 fully saturated rings. The fourth-order valence-electron chi connectivity index (χ4n) is 2.67. The summed E-state index contributed by atoms with van der Waals surface area (Å²) in [7, 11) is 1.97. The molecule has 0 unspecified atom stereocenters. The predicted molar refractivity (Wildman–Crippen MR) is 90.7 cm³/mol. The fraction of sp³-hybridized carbons (Fsp3) is 0.529. The van der Waals surface area contributed by atoms with E-state index in [1.54, 1.807) is 6.20 Å². The highest BCUT2D eigenvalue weighted by molar-refractivity contribution is 5.78. The normalized spacial score (nSPS) is 14.7. The number of hydrogen-bond donors (Lipinski definition) is 0. The summed E-state index contributed by atoms with van der Waals surface area (Å²) in [5, 5.41) is 4.00. The molecule has 3 rings (SSSR count). The molecule has 0 bridgehead atoms. The molecule has 0 aromatic carbocycles. The van der Waals surface area contributed by atoms with Gasteiger partial charge in [-0.2, -0.15) is 4.98 Å². The van der Waals surface area contributed by atoms with Gasteiger partial charge in [-0.1, -0.05) is 19.0 Å². The van der Waals surface area contributed by atoms with E-state index in [0.29, 0.717) is 18.1 Å². The number of amides is 1. The van der Waals surface area contributed by atoms with Crippen LogP contribution in [0.25, 0.3) is 11.5 Å². The highest BCUT2D eigenvalue weighted by Crippen LogP contribution is 2.22. The molecule has 2 aromatic heterocycles. The third kappa shape index (κ3) is 3.55. The predicted octanol–water partition coefficient (Wildman–Crippen LogP) is 2.31. The molecule has 7 heteroatoms. The van der Waals surface area contributed by atoms with E-state index < -0.39 is 0 Å². The number of carbonyl (C=O) groups is 1. The molecule has 7 nitrogen and oxygen atoms in total. The molecular formula is C17H23N5O2. The first kappa shape index (κ1) is 16.4. The number of anilines is 1. The van der Waals surface area contributed by atoms with E-state index in [1.165, 1.54) is 0 Å². The molecule has 0 aliphatic carbocycles. The third-order valence-electron chi connectivity index (χ3n) is 4.22. The highest BCUT2D eigenvalue weighted by Gasteiger charge is 2.20. The molecule has 2 aromatic rings. The van der Waals surface area contributed by atoms with Crippen LogP contribution >= 0.6 is 0 Å². The summed E-state index contributed by atoms with van der Waals surface area (Å²) in [5.74, 6) is 2.50. The van der Waals surface area contributed by atoms with E-state index in [-0.39, 0.29) is 11.8 Å². The third-order valence-corrected chi connectivity index (χ3v) is 4.22. The SMILES string of the molecule is CC(C)c1noc(-c2ccnc(N(C)CCN3CCCC3=O)c2)n1. The average molecular weight is 329 g/mol. The molecule has 24 heavy (non-hydrogen) atoms. The number of pyridine rings is 1. The van der Waals surface area contributed by atoms with Crippen LogP contribution in [0.5, 0.6) is 0 Å². The van der Waals surface area contributed by atoms with Crippen LogP contribution in [0.15, 0.2) is 22.9 Å². The molecule has 0 spiro atoms. The Morgan fingerprint density at radius 1 is 1.42 bits per heavy atom. The Labute approximate surface area is 141 Å². The van der Waals surface area contributed by atoms with Gasteiger partial charge in [0.1, 0.15) is 5.82 Å². The van der Waals surface area contributed by atoms with Crippen LogP contribution in [0.1, 0.15) is 38.4 Å². The second kappa shape index (κ2) is 6.98. The van der Waals surface area contributed by atoms with Crippen LogP contribution in [0.2, 0.25) is 0 Å². The lowest BCUT2D eigenvalue weighted by Crippen LogP contribution is -2.34. The molecule has 1 aliphatic rings. The first-order valence-electron chi connectivity index (χ1n) is 8.33. The largest absolute Gasteiger partial charge is 0.358 e. The van der Waals surface area contributed by atoms with Gasteiger partial charge in [0.2, 0.25) is 5.91 Å². The first-order chi connectivity index (χ1) is 11.5. The lowest BCUT2D eigenvalue weighted by Gasteiger charge is -2.22. The van der Waals surface area contributed by atoms with Crippen molar-refractivity contribution in [2.75, 3.05) is 31.6 Å². The van der Waals surface area contributed by atoms with E-state index in [4.69, 9.17) is 4.52 Å². The molecule has 128 valence electrons. The zero-order valence-electron chi connectivity index (χ0n) is 14.4. The monoisotopic (exact) mass is 329 g/mol. The molecule has 1 aliphatic heterocycles. The Hall–Kier alpha value is -2.44. The highest BCUT2D eigenvalue weighted by atomic mass is 16.5. The van der Waals surface area contributed by atoms with E-state index in [1.807, 2.05) is 42.8 Å². The molecule has 1 amide bonds. The van der Waals surface area contributed by atoms with Crippen molar-refractivity contribution >= 4 is 11.7 Å². The van der Waals surface area contributed by atoms with Crippen molar-refractivity contribution in [3.63, 3.8) is 0 Å². The van der Waals surface area contributed by atoms with Crippen molar-refractivity contribution < 1.29 is 9.32 Å². The maximum atomic E-state index is 11.7. The standard InChI is InChI=1S/C17H23N5O2/c1-12(2)16-19-17(24-20-16)13-6-7-18-14(11-13)21(3)9-10-22-8-4-5-15(22)23/h6-7,11-12H,4-5,8-10H2,1-3H3. The Balaban J connectivity index is 1.68. The maximum absolute atomic E-state index is 11.7. The zero-order valence-corrected chi connectivity index (χ0v) is 14.4. The smallest absolute Gasteiger partial charge is 0.258 e. The van der Waals surface area contributed by atoms with Gasteiger partial charge in [0.25, 0.3) is 5.89 Å². The van der Waals surface area contributed by atoms with Gasteiger partial charge in [-0.3, -0.25) is 4.79 Å². The van der Waals surface area contributed by atoms with E-state index >= 15 is 0 Å². The second-order valence-electron chi connectivity index (χ2n) is 6.42. The minimum Gasteiger partial charge on any atom is -0.358 e. The van der Waals surface area contributed by atoms with Crippen molar-refractivity contribution in [3.8, 4) is 11.5 Å². The maximum Gasteiger partial charge on any atom is 0.258 e. The average Bonchev–Trinajstić information content (AvgIpc) is 3.22. The van der Waals surface area contributed by atoms with Crippen molar-refractivity contribution in [1.82, 2.24) is 20.0 Å². The summed E-state index contributed by atoms with van der Waals surface area (Å²) in [5.41, 5.74) is 0.850. The lowest BCUT2D eigenvalue weighted by molar-refractivity contribution is -0.127. The summed E-state index contributed by atoms with van der Waals surface area (Å²) < 4.78 is 5.34. The van der Waals surface area contributed by atoms with Crippen LogP contribution < -0.4 is 4.90 Å². The van der Waals surface area contributed by atoms with Gasteiger partial charge >= 0.3 is 0 Å². The van der Waals surface area contributed by atoms with Gasteiger partial charge in [0.05, 0.1) is 0 Å². The zero-order chi connectivity index (χ0) is 17.1. The first-order valence-corrected chi connectivity index (χ1v) is 8.33. The fourth-order valence-corrected chi connectivity index (χ4v) is 2.67. The molecular weight excluding hydrogens is 306 g/mol. The van der Waals surface area contributed by atoms with Crippen molar-refractivity contribution in [2.24, 2.45) is 0 Å². The molecule has 1 saturated heterocycles. The quantitative estimate of drug-likeness (QED) is 0.809. The van der Waals surface area contributed by atoms with Crippen molar-refractivity contribution in [3.05, 3.63) is 24.2 Å². The number of likely N-dealkylation sites (N-methyl/N-ethyl adjacent to an activating group) is 1. The minimum atomic E-state index is 0.226. The van der Waals surface area contributed by atoms with Crippen LogP contribution in [0, 0.1) is 0 Å². The molecule has 0 atom stereocenters. The summed E-state index contributed by atoms with van der Waals surface area (Å²) in [4.78, 5) is 24.5. The van der Waals surface area contributed by atoms with Gasteiger partial charge in [-0.15, -0.1) is 0 Å². The van der Waals surface area contributed by atoms with Crippen molar-refractivity contribution in [2.45, 2.75) is 32.6 Å². The topological polar surface area (TPSA) is 75.4 Å². The van der Waals surface area contributed by atoms with Gasteiger partial charge in [0, 0.05) is 50.8 Å². The molecule has 0 saturated carbocycles. The van der Waals surface area contributed by atoms with Crippen LogP contribution in [0.4, 0.5) is 5.82 Å². The number of likely N-dealkylation sites (tertiary alicyclic amines) is 1. The summed E-state index contributed by atoms with van der Waals surface area (Å²) in [6.45, 7) is 6.38. The van der Waals surface area contributed by atoms with Crippen LogP contribution in [0.3, 0.4) is 0 Å². The summed E-state index contributed by atoms with van der Waals surface area (Å²) in [6, 6.07) is 3.79. The number of nitrogens with zero attached hydrogens (tertiary/aromatic N) is 5. The second-order valence-corrected chi connectivity index (χ2v) is 6.42. The van der Waals surface area contributed by atoms with E-state index in [2.05, 4.69) is 15.1 Å². The minimum absolute atomic E-state index is 0.226.